The van der Waals surface area contributed by atoms with Crippen molar-refractivity contribution < 1.29 is 42.3 Å². The first-order valence-electron chi connectivity index (χ1n) is 3.43. The van der Waals surface area contributed by atoms with Gasteiger partial charge >= 0.3 is 0 Å². The zero-order chi connectivity index (χ0) is 9.98. The fourth-order valence-electron chi connectivity index (χ4n) is 0.257. The molecule has 0 aromatic rings. The first-order valence-corrected chi connectivity index (χ1v) is 4.70. The summed E-state index contributed by atoms with van der Waals surface area (Å²) in [6.07, 6.45) is 3.03. The van der Waals surface area contributed by atoms with E-state index in [9.17, 15) is 9.59 Å². The van der Waals surface area contributed by atoms with Crippen LogP contribution in [-0.2, 0) is 42.3 Å². The number of carbonyl (C=O) groups is 2. The van der Waals surface area contributed by atoms with Crippen LogP contribution in [0.3, 0.4) is 0 Å². The summed E-state index contributed by atoms with van der Waals surface area (Å²) < 4.78 is 0. The molecule has 0 fully saturated rings. The van der Waals surface area contributed by atoms with Crippen LogP contribution in [0.25, 0.3) is 0 Å². The number of hydrogen-bond acceptors (Lipinski definition) is 4. The van der Waals surface area contributed by atoms with Gasteiger partial charge in [-0.1, -0.05) is 0 Å². The van der Waals surface area contributed by atoms with Crippen LogP contribution in [0.4, 0.5) is 0 Å². The minimum absolute atomic E-state index is 0. The molecule has 2 nitrogen and oxygen atoms in total. The van der Waals surface area contributed by atoms with Gasteiger partial charge in [-0.3, -0.25) is 0 Å². The Morgan fingerprint density at radius 3 is 1.23 bits per heavy atom. The second kappa shape index (κ2) is 15.4. The Morgan fingerprint density at radius 1 is 1.00 bits per heavy atom. The second-order valence-electron chi connectivity index (χ2n) is 1.99. The molecule has 0 N–H and O–H groups in total. The number of hydrogen-bond donors (Lipinski definition) is 2. The fourth-order valence-corrected chi connectivity index (χ4v) is 0.771. The van der Waals surface area contributed by atoms with E-state index in [1.54, 1.807) is 0 Å². The van der Waals surface area contributed by atoms with E-state index in [0.717, 1.165) is 0 Å². The molecule has 13 heavy (non-hydrogen) atoms. The predicted octanol–water partition coefficient (Wildman–Crippen LogP) is 1.42. The summed E-state index contributed by atoms with van der Waals surface area (Å²) in [5, 5.41) is 0. The minimum atomic E-state index is 0. The van der Waals surface area contributed by atoms with Gasteiger partial charge in [-0.2, -0.15) is 0 Å². The number of thiol groups is 2. The molecular weight excluding hydrogens is 281 g/mol. The summed E-state index contributed by atoms with van der Waals surface area (Å²) in [5.74, 6) is 1.28. The first kappa shape index (κ1) is 19.5. The molecule has 75 valence electrons. The van der Waals surface area contributed by atoms with Crippen molar-refractivity contribution in [2.24, 2.45) is 0 Å². The zero-order valence-electron chi connectivity index (χ0n) is 7.86. The van der Waals surface area contributed by atoms with Crippen LogP contribution in [0.5, 0.6) is 0 Å². The monoisotopic (exact) mass is 295 g/mol. The van der Waals surface area contributed by atoms with E-state index < -0.39 is 0 Å². The molecule has 0 rings (SSSR count). The molecule has 0 bridgehead atoms. The molecule has 0 saturated carbocycles. The van der Waals surface area contributed by atoms with Gasteiger partial charge in [0.25, 0.3) is 0 Å². The third-order valence-corrected chi connectivity index (χ3v) is 1.12. The zero-order valence-corrected chi connectivity index (χ0v) is 12.5. The normalized spacial score (nSPS) is 7.08. The van der Waals surface area contributed by atoms with Crippen molar-refractivity contribution >= 4 is 36.8 Å². The fraction of sp³-hybridized carbons (Fsp3) is 0.500. The van der Waals surface area contributed by atoms with Gasteiger partial charge in [0.05, 0.1) is 0 Å². The van der Waals surface area contributed by atoms with Gasteiger partial charge in [-0.15, -0.1) is 11.5 Å². The molecule has 0 unspecified atom stereocenters. The topological polar surface area (TPSA) is 34.1 Å². The van der Waals surface area contributed by atoms with Crippen molar-refractivity contribution in [3.63, 3.8) is 0 Å². The number of ketones is 2. The van der Waals surface area contributed by atoms with E-state index in [1.165, 1.54) is 26.7 Å². The smallest absolute Gasteiger partial charge is 0 e. The van der Waals surface area contributed by atoms with Crippen LogP contribution in [0, 0.1) is 12.8 Å². The van der Waals surface area contributed by atoms with E-state index in [2.05, 4.69) is 25.3 Å². The Kier molecular flexibility index (Phi) is 23.0. The van der Waals surface area contributed by atoms with E-state index >= 15 is 0 Å². The van der Waals surface area contributed by atoms with Crippen molar-refractivity contribution in [3.8, 4) is 0 Å². The van der Waals surface area contributed by atoms with Crippen LogP contribution >= 0.6 is 25.3 Å². The maximum absolute atomic E-state index is 9.94. The van der Waals surface area contributed by atoms with Crippen molar-refractivity contribution in [3.05, 3.63) is 12.8 Å². The van der Waals surface area contributed by atoms with Gasteiger partial charge in [-0.05, 0) is 25.4 Å². The van der Waals surface area contributed by atoms with Gasteiger partial charge in [0.2, 0.25) is 0 Å². The molecule has 0 spiro atoms. The molecule has 5 heteroatoms. The Labute approximate surface area is 116 Å². The van der Waals surface area contributed by atoms with Crippen molar-refractivity contribution in [1.29, 1.82) is 0 Å². The summed E-state index contributed by atoms with van der Waals surface area (Å²) in [4.78, 5) is 19.9. The first-order chi connectivity index (χ1) is 5.54. The van der Waals surface area contributed by atoms with Crippen LogP contribution in [-0.4, -0.2) is 23.1 Å². The van der Waals surface area contributed by atoms with E-state index in [-0.39, 0.29) is 44.3 Å². The summed E-state index contributed by atoms with van der Waals surface area (Å²) in [5.41, 5.74) is 0. The molecular formula is C8H14O2S2Y-2. The van der Waals surface area contributed by atoms with Gasteiger partial charge in [-0.25, -0.2) is 25.3 Å². The van der Waals surface area contributed by atoms with E-state index in [4.69, 9.17) is 0 Å². The van der Waals surface area contributed by atoms with Gasteiger partial charge < -0.3 is 22.4 Å². The average Bonchev–Trinajstić information content (AvgIpc) is 1.87. The van der Waals surface area contributed by atoms with Gasteiger partial charge in [0.15, 0.2) is 0 Å². The number of Topliss-reactive ketones (excluding diaryl/α,β-unsaturated/α-hetero) is 2. The van der Waals surface area contributed by atoms with Gasteiger partial charge in [0.1, 0.15) is 0 Å². The van der Waals surface area contributed by atoms with E-state index in [1.807, 2.05) is 0 Å². The maximum Gasteiger partial charge on any atom is 0 e. The Morgan fingerprint density at radius 2 is 1.23 bits per heavy atom. The minimum Gasteiger partial charge on any atom is -0.335 e. The predicted molar refractivity (Wildman–Crippen MR) is 57.7 cm³/mol. The molecule has 0 amide bonds. The second-order valence-corrected chi connectivity index (χ2v) is 2.72. The summed E-state index contributed by atoms with van der Waals surface area (Å²) in [6, 6.07) is 0. The van der Waals surface area contributed by atoms with Crippen LogP contribution in [0.2, 0.25) is 0 Å². The van der Waals surface area contributed by atoms with Crippen molar-refractivity contribution in [2.45, 2.75) is 13.8 Å². The van der Waals surface area contributed by atoms with Crippen molar-refractivity contribution in [1.82, 2.24) is 0 Å². The summed E-state index contributed by atoms with van der Waals surface area (Å²) >= 11 is 7.57. The van der Waals surface area contributed by atoms with Crippen molar-refractivity contribution in [2.75, 3.05) is 11.5 Å². The molecule has 0 aliphatic heterocycles. The largest absolute Gasteiger partial charge is 0.335 e. The average molecular weight is 295 g/mol. The molecule has 0 aliphatic rings. The standard InChI is InChI=1S/2C4H7OS.Y/c2*1-4(5)2-3-6;/h2*2,6H,3H2,1H3;/q2*-1;. The molecule has 0 aromatic heterocycles. The quantitative estimate of drug-likeness (QED) is 0.607. The third kappa shape index (κ3) is 32.2. The molecule has 0 saturated heterocycles. The Bertz CT molecular complexity index is 124. The molecule has 1 radical (unpaired) electrons. The number of rotatable bonds is 4. The van der Waals surface area contributed by atoms with Crippen LogP contribution in [0.1, 0.15) is 13.8 Å². The summed E-state index contributed by atoms with van der Waals surface area (Å²) in [6.45, 7) is 3.02. The molecule has 0 heterocycles. The SMILES string of the molecule is CC(=O)[CH-]CS.CC(=O)[CH-]CS.[Y]. The number of carbonyl (C=O) groups excluding carboxylic acids is 2. The van der Waals surface area contributed by atoms with Gasteiger partial charge in [0, 0.05) is 32.7 Å². The third-order valence-electron chi connectivity index (χ3n) is 0.757. The Hall–Kier alpha value is 0.884. The Balaban J connectivity index is -0.000000143. The van der Waals surface area contributed by atoms with Crippen LogP contribution in [0.15, 0.2) is 0 Å². The molecule has 0 atom stereocenters. The maximum atomic E-state index is 9.94. The molecule has 0 aromatic carbocycles. The molecule has 0 aliphatic carbocycles. The van der Waals surface area contributed by atoms with Crippen LogP contribution < -0.4 is 0 Å². The summed E-state index contributed by atoms with van der Waals surface area (Å²) in [7, 11) is 0. The van der Waals surface area contributed by atoms with E-state index in [0.29, 0.717) is 11.5 Å².